The Balaban J connectivity index is 2.21. The summed E-state index contributed by atoms with van der Waals surface area (Å²) in [5, 5.41) is 9.74. The molecule has 1 aromatic heterocycles. The fraction of sp³-hybridized carbons (Fsp3) is 0.455. The second-order valence-electron chi connectivity index (χ2n) is 3.65. The zero-order valence-electron chi connectivity index (χ0n) is 8.81. The highest BCUT2D eigenvalue weighted by Crippen LogP contribution is 2.17. The van der Waals surface area contributed by atoms with Crippen LogP contribution in [0.25, 0.3) is 0 Å². The van der Waals surface area contributed by atoms with Crippen molar-refractivity contribution in [3.05, 3.63) is 24.4 Å². The van der Waals surface area contributed by atoms with Gasteiger partial charge in [-0.1, -0.05) is 6.07 Å². The van der Waals surface area contributed by atoms with Gasteiger partial charge in [-0.05, 0) is 37.7 Å². The monoisotopic (exact) mass is 221 g/mol. The summed E-state index contributed by atoms with van der Waals surface area (Å²) >= 11 is 1.70. The summed E-state index contributed by atoms with van der Waals surface area (Å²) in [7, 11) is 0. The first-order chi connectivity index (χ1) is 7.14. The molecule has 0 saturated heterocycles. The van der Waals surface area contributed by atoms with Crippen LogP contribution in [0.4, 0.5) is 0 Å². The van der Waals surface area contributed by atoms with E-state index in [0.29, 0.717) is 0 Å². The first kappa shape index (κ1) is 12.0. The lowest BCUT2D eigenvalue weighted by molar-refractivity contribution is 0.540. The Morgan fingerprint density at radius 3 is 3.00 bits per heavy atom. The van der Waals surface area contributed by atoms with Crippen molar-refractivity contribution < 1.29 is 0 Å². The van der Waals surface area contributed by atoms with E-state index in [1.807, 2.05) is 18.2 Å². The summed E-state index contributed by atoms with van der Waals surface area (Å²) in [4.78, 5) is 4.20. The molecule has 0 aliphatic carbocycles. The van der Waals surface area contributed by atoms with Crippen molar-refractivity contribution in [2.24, 2.45) is 5.73 Å². The van der Waals surface area contributed by atoms with Gasteiger partial charge in [0.05, 0.1) is 11.1 Å². The number of pyridine rings is 1. The van der Waals surface area contributed by atoms with E-state index in [4.69, 9.17) is 11.0 Å². The number of nitriles is 1. The van der Waals surface area contributed by atoms with Crippen LogP contribution in [-0.2, 0) is 0 Å². The van der Waals surface area contributed by atoms with E-state index in [1.54, 1.807) is 24.9 Å². The van der Waals surface area contributed by atoms with Crippen molar-refractivity contribution in [2.75, 3.05) is 5.75 Å². The number of aromatic nitrogens is 1. The van der Waals surface area contributed by atoms with Crippen molar-refractivity contribution in [1.82, 2.24) is 4.98 Å². The molecule has 0 aromatic carbocycles. The summed E-state index contributed by atoms with van der Waals surface area (Å²) in [5.74, 6) is 0.950. The van der Waals surface area contributed by atoms with Crippen LogP contribution in [0.2, 0.25) is 0 Å². The first-order valence-corrected chi connectivity index (χ1v) is 5.86. The molecule has 0 amide bonds. The van der Waals surface area contributed by atoms with Crippen LogP contribution < -0.4 is 5.73 Å². The Bertz CT molecular complexity index is 329. The molecule has 0 aliphatic heterocycles. The third kappa shape index (κ3) is 4.82. The maximum Gasteiger partial charge on any atom is 0.101 e. The van der Waals surface area contributed by atoms with Gasteiger partial charge in [0.15, 0.2) is 0 Å². The fourth-order valence-corrected chi connectivity index (χ4v) is 1.91. The number of thioether (sulfide) groups is 1. The Morgan fingerprint density at radius 2 is 2.40 bits per heavy atom. The predicted octanol–water partition coefficient (Wildman–Crippen LogP) is 2.19. The molecule has 0 bridgehead atoms. The molecule has 0 spiro atoms. The van der Waals surface area contributed by atoms with Crippen LogP contribution in [-0.4, -0.2) is 16.3 Å². The minimum atomic E-state index is -0.690. The van der Waals surface area contributed by atoms with E-state index >= 15 is 0 Å². The number of nitrogens with zero attached hydrogens (tertiary/aromatic N) is 2. The Morgan fingerprint density at radius 1 is 1.60 bits per heavy atom. The third-order valence-electron chi connectivity index (χ3n) is 1.98. The topological polar surface area (TPSA) is 62.7 Å². The molecular weight excluding hydrogens is 206 g/mol. The van der Waals surface area contributed by atoms with E-state index in [9.17, 15) is 0 Å². The summed E-state index contributed by atoms with van der Waals surface area (Å²) in [5.41, 5.74) is 5.02. The van der Waals surface area contributed by atoms with Gasteiger partial charge in [-0.15, -0.1) is 11.8 Å². The third-order valence-corrected chi connectivity index (χ3v) is 3.01. The quantitative estimate of drug-likeness (QED) is 0.611. The Labute approximate surface area is 94.7 Å². The van der Waals surface area contributed by atoms with E-state index in [0.717, 1.165) is 23.6 Å². The molecule has 0 fully saturated rings. The highest BCUT2D eigenvalue weighted by Gasteiger charge is 2.15. The lowest BCUT2D eigenvalue weighted by Crippen LogP contribution is -2.33. The second kappa shape index (κ2) is 5.74. The van der Waals surface area contributed by atoms with Crippen molar-refractivity contribution >= 4 is 11.8 Å². The van der Waals surface area contributed by atoms with Crippen LogP contribution in [0.3, 0.4) is 0 Å². The Kier molecular flexibility index (Phi) is 4.60. The molecule has 1 aromatic rings. The number of nitrogens with two attached hydrogens (primary N) is 1. The highest BCUT2D eigenvalue weighted by atomic mass is 32.2. The number of hydrogen-bond acceptors (Lipinski definition) is 4. The average Bonchev–Trinajstić information content (AvgIpc) is 2.26. The largest absolute Gasteiger partial charge is 0.314 e. The lowest BCUT2D eigenvalue weighted by atomic mass is 10.0. The summed E-state index contributed by atoms with van der Waals surface area (Å²) in [6.45, 7) is 1.76. The van der Waals surface area contributed by atoms with Gasteiger partial charge < -0.3 is 5.73 Å². The molecule has 1 rings (SSSR count). The molecule has 3 nitrogen and oxygen atoms in total. The molecule has 1 atom stereocenters. The predicted molar refractivity (Wildman–Crippen MR) is 62.4 cm³/mol. The molecule has 1 unspecified atom stereocenters. The van der Waals surface area contributed by atoms with E-state index < -0.39 is 5.54 Å². The maximum atomic E-state index is 8.72. The molecular formula is C11H15N3S. The van der Waals surface area contributed by atoms with E-state index in [-0.39, 0.29) is 0 Å². The van der Waals surface area contributed by atoms with Gasteiger partial charge in [0, 0.05) is 6.20 Å². The molecule has 80 valence electrons. The van der Waals surface area contributed by atoms with Gasteiger partial charge in [0.2, 0.25) is 0 Å². The van der Waals surface area contributed by atoms with Crippen LogP contribution >= 0.6 is 11.8 Å². The van der Waals surface area contributed by atoms with Gasteiger partial charge in [0.1, 0.15) is 5.54 Å². The van der Waals surface area contributed by atoms with Crippen LogP contribution in [0.1, 0.15) is 19.8 Å². The molecule has 15 heavy (non-hydrogen) atoms. The summed E-state index contributed by atoms with van der Waals surface area (Å²) in [6.07, 6.45) is 3.44. The Hall–Kier alpha value is -1.05. The number of rotatable bonds is 5. The normalized spacial score (nSPS) is 14.2. The molecule has 0 radical (unpaired) electrons. The molecule has 4 heteroatoms. The average molecular weight is 221 g/mol. The maximum absolute atomic E-state index is 8.72. The SMILES string of the molecule is CC(N)(C#N)CCCSc1ccccn1. The number of hydrogen-bond donors (Lipinski definition) is 1. The van der Waals surface area contributed by atoms with Crippen LogP contribution in [0.5, 0.6) is 0 Å². The van der Waals surface area contributed by atoms with Crippen molar-refractivity contribution in [1.29, 1.82) is 5.26 Å². The minimum absolute atomic E-state index is 0.690. The van der Waals surface area contributed by atoms with Crippen molar-refractivity contribution in [3.63, 3.8) is 0 Å². The lowest BCUT2D eigenvalue weighted by Gasteiger charge is -2.13. The minimum Gasteiger partial charge on any atom is -0.314 e. The molecule has 1 heterocycles. The van der Waals surface area contributed by atoms with Gasteiger partial charge in [0.25, 0.3) is 0 Å². The summed E-state index contributed by atoms with van der Waals surface area (Å²) in [6, 6.07) is 7.95. The molecule has 0 aliphatic rings. The fourth-order valence-electron chi connectivity index (χ4n) is 1.10. The first-order valence-electron chi connectivity index (χ1n) is 4.88. The van der Waals surface area contributed by atoms with E-state index in [2.05, 4.69) is 11.1 Å². The highest BCUT2D eigenvalue weighted by molar-refractivity contribution is 7.99. The smallest absolute Gasteiger partial charge is 0.101 e. The standard InChI is InChI=1S/C11H15N3S/c1-11(13,9-12)6-4-8-15-10-5-2-3-7-14-10/h2-3,5,7H,4,6,8,13H2,1H3. The van der Waals surface area contributed by atoms with Gasteiger partial charge in [-0.25, -0.2) is 4.98 Å². The van der Waals surface area contributed by atoms with Crippen LogP contribution in [0.15, 0.2) is 29.4 Å². The molecule has 0 saturated carbocycles. The summed E-state index contributed by atoms with van der Waals surface area (Å²) < 4.78 is 0. The van der Waals surface area contributed by atoms with E-state index in [1.165, 1.54) is 0 Å². The van der Waals surface area contributed by atoms with Gasteiger partial charge in [-0.2, -0.15) is 5.26 Å². The van der Waals surface area contributed by atoms with Crippen molar-refractivity contribution in [3.8, 4) is 6.07 Å². The second-order valence-corrected chi connectivity index (χ2v) is 4.76. The zero-order valence-corrected chi connectivity index (χ0v) is 9.63. The van der Waals surface area contributed by atoms with Crippen LogP contribution in [0, 0.1) is 11.3 Å². The van der Waals surface area contributed by atoms with Crippen molar-refractivity contribution in [2.45, 2.75) is 30.3 Å². The van der Waals surface area contributed by atoms with Gasteiger partial charge >= 0.3 is 0 Å². The zero-order chi connectivity index (χ0) is 11.1. The molecule has 2 N–H and O–H groups in total. The van der Waals surface area contributed by atoms with Gasteiger partial charge in [-0.3, -0.25) is 0 Å².